The minimum absolute atomic E-state index is 0.0693. The first-order valence-corrected chi connectivity index (χ1v) is 8.16. The third kappa shape index (κ3) is 2.98. The second kappa shape index (κ2) is 6.06. The lowest BCUT2D eigenvalue weighted by Crippen LogP contribution is -2.46. The monoisotopic (exact) mass is 316 g/mol. The largest absolute Gasteiger partial charge is 0.375 e. The van der Waals surface area contributed by atoms with Crippen molar-refractivity contribution in [2.45, 2.75) is 19.0 Å². The number of carbonyl (C=O) groups excluding carboxylic acids is 1. The van der Waals surface area contributed by atoms with Gasteiger partial charge in [-0.25, -0.2) is 4.98 Å². The Labute approximate surface area is 134 Å². The number of rotatable bonds is 3. The van der Waals surface area contributed by atoms with Crippen LogP contribution in [0.25, 0.3) is 0 Å². The van der Waals surface area contributed by atoms with Crippen LogP contribution in [0, 0.1) is 0 Å². The van der Waals surface area contributed by atoms with Crippen LogP contribution in [0.1, 0.15) is 21.6 Å². The van der Waals surface area contributed by atoms with Crippen LogP contribution in [-0.2, 0) is 13.0 Å². The average molecular weight is 316 g/mol. The highest BCUT2D eigenvalue weighted by atomic mass is 32.1. The van der Waals surface area contributed by atoms with E-state index in [1.165, 1.54) is 22.5 Å². The highest BCUT2D eigenvalue weighted by molar-refractivity contribution is 7.13. The van der Waals surface area contributed by atoms with Crippen LogP contribution in [-0.4, -0.2) is 47.4 Å². The van der Waals surface area contributed by atoms with Crippen molar-refractivity contribution in [3.63, 3.8) is 0 Å². The van der Waals surface area contributed by atoms with E-state index in [0.29, 0.717) is 23.4 Å². The summed E-state index contributed by atoms with van der Waals surface area (Å²) in [5.74, 6) is -0.0693. The molecule has 0 radical (unpaired) electrons. The van der Waals surface area contributed by atoms with E-state index >= 15 is 0 Å². The van der Waals surface area contributed by atoms with Crippen LogP contribution in [0.2, 0.25) is 0 Å². The Morgan fingerprint density at radius 2 is 2.18 bits per heavy atom. The maximum absolute atomic E-state index is 12.4. The molecule has 22 heavy (non-hydrogen) atoms. The number of nitrogens with two attached hydrogens (primary N) is 1. The number of carbonyl (C=O) groups is 1. The quantitative estimate of drug-likeness (QED) is 0.939. The fourth-order valence-corrected chi connectivity index (χ4v) is 3.44. The molecule has 0 bridgehead atoms. The predicted molar refractivity (Wildman–Crippen MR) is 88.9 cm³/mol. The SMILES string of the molecule is CN(CC1Cc2ccccc2CN1C)C(=O)c1csc(N)n1. The van der Waals surface area contributed by atoms with Gasteiger partial charge in [0.2, 0.25) is 0 Å². The average Bonchev–Trinajstić information content (AvgIpc) is 2.93. The van der Waals surface area contributed by atoms with Crippen molar-refractivity contribution in [2.24, 2.45) is 0 Å². The van der Waals surface area contributed by atoms with Crippen molar-refractivity contribution < 1.29 is 4.79 Å². The number of fused-ring (bicyclic) bond motifs is 1. The standard InChI is InChI=1S/C16H20N4OS/c1-19-8-12-6-4-3-5-11(12)7-13(19)9-20(2)15(21)14-10-22-16(17)18-14/h3-6,10,13H,7-9H2,1-2H3,(H2,17,18). The number of nitrogens with zero attached hydrogens (tertiary/aromatic N) is 3. The fraction of sp³-hybridized carbons (Fsp3) is 0.375. The number of hydrogen-bond acceptors (Lipinski definition) is 5. The van der Waals surface area contributed by atoms with Crippen molar-refractivity contribution in [3.05, 3.63) is 46.5 Å². The molecule has 116 valence electrons. The van der Waals surface area contributed by atoms with Crippen molar-refractivity contribution >= 4 is 22.4 Å². The fourth-order valence-electron chi connectivity index (χ4n) is 2.90. The lowest BCUT2D eigenvalue weighted by molar-refractivity contribution is 0.0728. The summed E-state index contributed by atoms with van der Waals surface area (Å²) >= 11 is 1.30. The first-order chi connectivity index (χ1) is 10.5. The molecule has 1 amide bonds. The van der Waals surface area contributed by atoms with Gasteiger partial charge in [0.25, 0.3) is 5.91 Å². The number of anilines is 1. The second-order valence-electron chi connectivity index (χ2n) is 5.80. The summed E-state index contributed by atoms with van der Waals surface area (Å²) in [5.41, 5.74) is 8.79. The van der Waals surface area contributed by atoms with Crippen LogP contribution >= 0.6 is 11.3 Å². The Bertz CT molecular complexity index is 684. The van der Waals surface area contributed by atoms with Crippen LogP contribution in [0.5, 0.6) is 0 Å². The van der Waals surface area contributed by atoms with Crippen molar-refractivity contribution in [2.75, 3.05) is 26.4 Å². The number of benzene rings is 1. The molecule has 2 N–H and O–H groups in total. The molecule has 0 spiro atoms. The first-order valence-electron chi connectivity index (χ1n) is 7.28. The summed E-state index contributed by atoms with van der Waals surface area (Å²) in [6.45, 7) is 1.60. The molecule has 0 saturated heterocycles. The summed E-state index contributed by atoms with van der Waals surface area (Å²) in [6, 6.07) is 8.83. The number of likely N-dealkylation sites (N-methyl/N-ethyl adjacent to an activating group) is 2. The van der Waals surface area contributed by atoms with Gasteiger partial charge in [0.05, 0.1) is 0 Å². The van der Waals surface area contributed by atoms with Gasteiger partial charge in [0, 0.05) is 31.6 Å². The van der Waals surface area contributed by atoms with Gasteiger partial charge in [-0.3, -0.25) is 9.69 Å². The highest BCUT2D eigenvalue weighted by Gasteiger charge is 2.26. The molecule has 2 heterocycles. The maximum atomic E-state index is 12.4. The Morgan fingerprint density at radius 3 is 2.86 bits per heavy atom. The second-order valence-corrected chi connectivity index (χ2v) is 6.69. The summed E-state index contributed by atoms with van der Waals surface area (Å²) in [4.78, 5) is 20.5. The summed E-state index contributed by atoms with van der Waals surface area (Å²) in [6.07, 6.45) is 0.962. The molecule has 3 rings (SSSR count). The molecular formula is C16H20N4OS. The van der Waals surface area contributed by atoms with Gasteiger partial charge in [-0.05, 0) is 24.6 Å². The van der Waals surface area contributed by atoms with E-state index in [4.69, 9.17) is 5.73 Å². The van der Waals surface area contributed by atoms with Crippen LogP contribution in [0.15, 0.2) is 29.6 Å². The van der Waals surface area contributed by atoms with E-state index in [-0.39, 0.29) is 5.91 Å². The molecule has 1 atom stereocenters. The van der Waals surface area contributed by atoms with E-state index in [0.717, 1.165) is 13.0 Å². The van der Waals surface area contributed by atoms with Gasteiger partial charge in [0.15, 0.2) is 5.13 Å². The van der Waals surface area contributed by atoms with Crippen LogP contribution in [0.3, 0.4) is 0 Å². The Morgan fingerprint density at radius 1 is 1.45 bits per heavy atom. The Balaban J connectivity index is 1.69. The highest BCUT2D eigenvalue weighted by Crippen LogP contribution is 2.22. The van der Waals surface area contributed by atoms with Crippen LogP contribution in [0.4, 0.5) is 5.13 Å². The van der Waals surface area contributed by atoms with Gasteiger partial charge in [-0.15, -0.1) is 11.3 Å². The Kier molecular flexibility index (Phi) is 4.13. The van der Waals surface area contributed by atoms with Gasteiger partial charge in [0.1, 0.15) is 5.69 Å². The van der Waals surface area contributed by atoms with E-state index in [1.54, 1.807) is 10.3 Å². The maximum Gasteiger partial charge on any atom is 0.273 e. The number of amides is 1. The number of nitrogen functional groups attached to an aromatic ring is 1. The molecule has 1 unspecified atom stereocenters. The predicted octanol–water partition coefficient (Wildman–Crippen LogP) is 1.85. The smallest absolute Gasteiger partial charge is 0.273 e. The molecule has 0 fully saturated rings. The first kappa shape index (κ1) is 15.0. The third-order valence-corrected chi connectivity index (χ3v) is 4.86. The number of aromatic nitrogens is 1. The molecule has 1 aliphatic heterocycles. The van der Waals surface area contributed by atoms with Gasteiger partial charge in [-0.1, -0.05) is 24.3 Å². The molecule has 1 aromatic heterocycles. The number of hydrogen-bond donors (Lipinski definition) is 1. The molecular weight excluding hydrogens is 296 g/mol. The van der Waals surface area contributed by atoms with E-state index in [2.05, 4.69) is 41.2 Å². The summed E-state index contributed by atoms with van der Waals surface area (Å²) in [7, 11) is 3.94. The van der Waals surface area contributed by atoms with Crippen molar-refractivity contribution in [3.8, 4) is 0 Å². The van der Waals surface area contributed by atoms with Crippen molar-refractivity contribution in [1.82, 2.24) is 14.8 Å². The lowest BCUT2D eigenvalue weighted by atomic mass is 9.94. The number of thiazole rings is 1. The van der Waals surface area contributed by atoms with Crippen molar-refractivity contribution in [1.29, 1.82) is 0 Å². The van der Waals surface area contributed by atoms with Gasteiger partial charge in [-0.2, -0.15) is 0 Å². The van der Waals surface area contributed by atoms with E-state index in [9.17, 15) is 4.79 Å². The van der Waals surface area contributed by atoms with Gasteiger partial charge < -0.3 is 10.6 Å². The topological polar surface area (TPSA) is 62.5 Å². The normalized spacial score (nSPS) is 18.0. The Hall–Kier alpha value is -1.92. The molecule has 1 aromatic carbocycles. The zero-order chi connectivity index (χ0) is 15.7. The molecule has 6 heteroatoms. The van der Waals surface area contributed by atoms with E-state index in [1.807, 2.05) is 7.05 Å². The minimum atomic E-state index is -0.0693. The van der Waals surface area contributed by atoms with Gasteiger partial charge >= 0.3 is 0 Å². The molecule has 1 aliphatic rings. The summed E-state index contributed by atoms with van der Waals surface area (Å²) < 4.78 is 0. The minimum Gasteiger partial charge on any atom is -0.375 e. The molecule has 2 aromatic rings. The summed E-state index contributed by atoms with van der Waals surface area (Å²) in [5, 5.41) is 2.15. The van der Waals surface area contributed by atoms with Crippen LogP contribution < -0.4 is 5.73 Å². The zero-order valence-electron chi connectivity index (χ0n) is 12.8. The lowest BCUT2D eigenvalue weighted by Gasteiger charge is -2.36. The third-order valence-electron chi connectivity index (χ3n) is 4.19. The molecule has 5 nitrogen and oxygen atoms in total. The molecule has 0 aliphatic carbocycles. The zero-order valence-corrected chi connectivity index (χ0v) is 13.6. The van der Waals surface area contributed by atoms with E-state index < -0.39 is 0 Å². The molecule has 0 saturated carbocycles.